The number of amides is 1. The Kier molecular flexibility index (Phi) is 4.51. The first-order chi connectivity index (χ1) is 11.8. The van der Waals surface area contributed by atoms with Crippen molar-refractivity contribution >= 4 is 17.1 Å². The van der Waals surface area contributed by atoms with Gasteiger partial charge >= 0.3 is 5.69 Å². The molecule has 0 radical (unpaired) electrons. The number of morpholine rings is 1. The highest BCUT2D eigenvalue weighted by atomic mass is 16.5. The number of aromatic nitrogens is 4. The van der Waals surface area contributed by atoms with Gasteiger partial charge in [-0.2, -0.15) is 0 Å². The molecule has 1 amide bonds. The third-order valence-electron chi connectivity index (χ3n) is 4.68. The number of rotatable bonds is 3. The minimum absolute atomic E-state index is 0.0466. The molecule has 9 nitrogen and oxygen atoms in total. The molecular weight excluding hydrogens is 326 g/mol. The van der Waals surface area contributed by atoms with Crippen molar-refractivity contribution in [2.75, 3.05) is 26.3 Å². The monoisotopic (exact) mass is 349 g/mol. The van der Waals surface area contributed by atoms with Gasteiger partial charge in [-0.1, -0.05) is 13.8 Å². The molecule has 2 aromatic heterocycles. The molecule has 0 N–H and O–H groups in total. The minimum Gasteiger partial charge on any atom is -0.378 e. The highest BCUT2D eigenvalue weighted by Crippen LogP contribution is 2.24. The van der Waals surface area contributed by atoms with Gasteiger partial charge in [-0.3, -0.25) is 18.7 Å². The molecule has 1 aliphatic rings. The molecule has 1 aliphatic heterocycles. The Morgan fingerprint density at radius 3 is 2.40 bits per heavy atom. The van der Waals surface area contributed by atoms with Gasteiger partial charge in [-0.05, 0) is 5.92 Å². The minimum atomic E-state index is -0.562. The Balaban J connectivity index is 2.16. The van der Waals surface area contributed by atoms with Gasteiger partial charge in [0.2, 0.25) is 5.91 Å². The Morgan fingerprint density at radius 2 is 1.80 bits per heavy atom. The van der Waals surface area contributed by atoms with Gasteiger partial charge in [-0.15, -0.1) is 0 Å². The van der Waals surface area contributed by atoms with Gasteiger partial charge in [-0.25, -0.2) is 9.78 Å². The number of imidazole rings is 1. The molecule has 25 heavy (non-hydrogen) atoms. The first kappa shape index (κ1) is 17.4. The van der Waals surface area contributed by atoms with Crippen LogP contribution in [0, 0.1) is 5.92 Å². The number of ether oxygens (including phenoxy) is 1. The van der Waals surface area contributed by atoms with Crippen molar-refractivity contribution in [2.45, 2.75) is 19.9 Å². The number of hydrogen-bond acceptors (Lipinski definition) is 5. The maximum absolute atomic E-state index is 13.1. The second-order valence-corrected chi connectivity index (χ2v) is 6.66. The highest BCUT2D eigenvalue weighted by Gasteiger charge is 2.32. The van der Waals surface area contributed by atoms with Gasteiger partial charge in [0.25, 0.3) is 5.56 Å². The van der Waals surface area contributed by atoms with Crippen molar-refractivity contribution < 1.29 is 9.53 Å². The molecule has 0 saturated carbocycles. The van der Waals surface area contributed by atoms with Gasteiger partial charge in [0.1, 0.15) is 6.04 Å². The molecule has 0 aliphatic carbocycles. The number of hydrogen-bond donors (Lipinski definition) is 0. The third kappa shape index (κ3) is 2.78. The van der Waals surface area contributed by atoms with Gasteiger partial charge in [0, 0.05) is 27.2 Å². The summed E-state index contributed by atoms with van der Waals surface area (Å²) in [6.07, 6.45) is 1.48. The van der Waals surface area contributed by atoms with Crippen molar-refractivity contribution in [1.82, 2.24) is 23.6 Å². The Morgan fingerprint density at radius 1 is 1.16 bits per heavy atom. The summed E-state index contributed by atoms with van der Waals surface area (Å²) in [5.41, 5.74) is -0.335. The topological polar surface area (TPSA) is 91.4 Å². The van der Waals surface area contributed by atoms with E-state index >= 15 is 0 Å². The summed E-state index contributed by atoms with van der Waals surface area (Å²) in [6.45, 7) is 5.95. The molecule has 3 rings (SSSR count). The Hall–Kier alpha value is -2.42. The third-order valence-corrected chi connectivity index (χ3v) is 4.68. The average Bonchev–Trinajstić information content (AvgIpc) is 3.03. The summed E-state index contributed by atoms with van der Waals surface area (Å²) in [4.78, 5) is 43.8. The lowest BCUT2D eigenvalue weighted by Crippen LogP contribution is -2.46. The van der Waals surface area contributed by atoms with E-state index in [1.165, 1.54) is 17.9 Å². The summed E-state index contributed by atoms with van der Waals surface area (Å²) >= 11 is 0. The van der Waals surface area contributed by atoms with E-state index in [1.54, 1.807) is 16.5 Å². The number of nitrogens with zero attached hydrogens (tertiary/aromatic N) is 5. The maximum Gasteiger partial charge on any atom is 0.332 e. The van der Waals surface area contributed by atoms with Crippen LogP contribution < -0.4 is 11.2 Å². The molecule has 0 aromatic carbocycles. The van der Waals surface area contributed by atoms with Crippen LogP contribution >= 0.6 is 0 Å². The summed E-state index contributed by atoms with van der Waals surface area (Å²) in [5.74, 6) is -0.108. The second-order valence-electron chi connectivity index (χ2n) is 6.66. The molecule has 1 fully saturated rings. The average molecular weight is 349 g/mol. The van der Waals surface area contributed by atoms with Crippen LogP contribution in [0.4, 0.5) is 0 Å². The number of carbonyl (C=O) groups excluding carboxylic acids is 1. The lowest BCUT2D eigenvalue weighted by molar-refractivity contribution is -0.140. The van der Waals surface area contributed by atoms with Crippen LogP contribution in [0.5, 0.6) is 0 Å². The number of aryl methyl sites for hydroxylation is 1. The SMILES string of the molecule is CC(C)C(C(=O)N1CCOCC1)n1cnc2c1c(=O)n(C)c(=O)n2C. The fourth-order valence-corrected chi connectivity index (χ4v) is 3.27. The molecule has 1 unspecified atom stereocenters. The quantitative estimate of drug-likeness (QED) is 0.744. The Labute approximate surface area is 144 Å². The molecule has 136 valence electrons. The second kappa shape index (κ2) is 6.47. The fraction of sp³-hybridized carbons (Fsp3) is 0.625. The van der Waals surface area contributed by atoms with Gasteiger partial charge in [0.15, 0.2) is 11.2 Å². The van der Waals surface area contributed by atoms with E-state index in [0.717, 1.165) is 4.57 Å². The van der Waals surface area contributed by atoms with E-state index in [9.17, 15) is 14.4 Å². The van der Waals surface area contributed by atoms with Crippen LogP contribution in [0.1, 0.15) is 19.9 Å². The first-order valence-corrected chi connectivity index (χ1v) is 8.33. The highest BCUT2D eigenvalue weighted by molar-refractivity contribution is 5.83. The molecule has 9 heteroatoms. The van der Waals surface area contributed by atoms with Crippen LogP contribution in [-0.4, -0.2) is 55.8 Å². The normalized spacial score (nSPS) is 16.6. The zero-order valence-corrected chi connectivity index (χ0v) is 14.9. The maximum atomic E-state index is 13.1. The van der Waals surface area contributed by atoms with Crippen molar-refractivity contribution in [1.29, 1.82) is 0 Å². The molecule has 1 atom stereocenters. The Bertz CT molecular complexity index is 917. The molecule has 0 bridgehead atoms. The smallest absolute Gasteiger partial charge is 0.332 e. The lowest BCUT2D eigenvalue weighted by atomic mass is 10.0. The largest absolute Gasteiger partial charge is 0.378 e. The van der Waals surface area contributed by atoms with Crippen LogP contribution in [0.3, 0.4) is 0 Å². The zero-order chi connectivity index (χ0) is 18.3. The van der Waals surface area contributed by atoms with Crippen LogP contribution in [0.2, 0.25) is 0 Å². The van der Waals surface area contributed by atoms with Crippen LogP contribution in [0.25, 0.3) is 11.2 Å². The summed E-state index contributed by atoms with van der Waals surface area (Å²) in [5, 5.41) is 0. The van der Waals surface area contributed by atoms with E-state index < -0.39 is 17.3 Å². The van der Waals surface area contributed by atoms with E-state index in [2.05, 4.69) is 4.98 Å². The molecule has 2 aromatic rings. The summed E-state index contributed by atoms with van der Waals surface area (Å²) in [7, 11) is 2.99. The van der Waals surface area contributed by atoms with E-state index in [1.807, 2.05) is 13.8 Å². The summed E-state index contributed by atoms with van der Waals surface area (Å²) in [6, 6.07) is -0.562. The van der Waals surface area contributed by atoms with Crippen molar-refractivity contribution in [3.05, 3.63) is 27.2 Å². The predicted octanol–water partition coefficient (Wildman–Crippen LogP) is -0.510. The van der Waals surface area contributed by atoms with Crippen molar-refractivity contribution in [3.8, 4) is 0 Å². The number of fused-ring (bicyclic) bond motifs is 1. The van der Waals surface area contributed by atoms with E-state index in [-0.39, 0.29) is 23.0 Å². The van der Waals surface area contributed by atoms with Crippen LogP contribution in [-0.2, 0) is 23.6 Å². The molecule has 0 spiro atoms. The van der Waals surface area contributed by atoms with Crippen molar-refractivity contribution in [3.63, 3.8) is 0 Å². The predicted molar refractivity (Wildman–Crippen MR) is 91.5 cm³/mol. The molecular formula is C16H23N5O4. The van der Waals surface area contributed by atoms with Gasteiger partial charge < -0.3 is 14.2 Å². The number of carbonyl (C=O) groups is 1. The van der Waals surface area contributed by atoms with Gasteiger partial charge in [0.05, 0.1) is 19.5 Å². The fourth-order valence-electron chi connectivity index (χ4n) is 3.27. The van der Waals surface area contributed by atoms with Crippen molar-refractivity contribution in [2.24, 2.45) is 20.0 Å². The first-order valence-electron chi connectivity index (χ1n) is 8.33. The molecule has 3 heterocycles. The molecule has 1 saturated heterocycles. The van der Waals surface area contributed by atoms with E-state index in [4.69, 9.17) is 4.74 Å². The standard InChI is InChI=1S/C16H23N5O4/c1-10(2)11(15(23)20-5-7-25-8-6-20)21-9-17-13-12(21)14(22)19(4)16(24)18(13)3/h9-11H,5-8H2,1-4H3. The zero-order valence-electron chi connectivity index (χ0n) is 14.9. The lowest BCUT2D eigenvalue weighted by Gasteiger charge is -2.32. The van der Waals surface area contributed by atoms with E-state index in [0.29, 0.717) is 26.3 Å². The summed E-state index contributed by atoms with van der Waals surface area (Å²) < 4.78 is 9.28. The van der Waals surface area contributed by atoms with Crippen LogP contribution in [0.15, 0.2) is 15.9 Å².